The number of ketones is 1. The van der Waals surface area contributed by atoms with Gasteiger partial charge in [0.15, 0.2) is 0 Å². The number of carbonyl (C=O) groups excluding carboxylic acids is 2. The van der Waals surface area contributed by atoms with Gasteiger partial charge in [0.05, 0.1) is 6.61 Å². The maximum absolute atomic E-state index is 10.6. The average Bonchev–Trinajstić information content (AvgIpc) is 2.18. The number of ether oxygens (including phenoxy) is 2. The van der Waals surface area contributed by atoms with E-state index in [0.717, 1.165) is 0 Å². The van der Waals surface area contributed by atoms with Gasteiger partial charge < -0.3 is 9.47 Å². The minimum absolute atomic E-state index is 0.165. The van der Waals surface area contributed by atoms with Crippen LogP contribution in [-0.4, -0.2) is 25.2 Å². The first-order valence-corrected chi connectivity index (χ1v) is 2.58. The van der Waals surface area contributed by atoms with Crippen molar-refractivity contribution in [1.29, 1.82) is 0 Å². The summed E-state index contributed by atoms with van der Waals surface area (Å²) >= 11 is 0. The molecule has 0 bridgehead atoms. The third-order valence-corrected chi connectivity index (χ3v) is 1.06. The van der Waals surface area contributed by atoms with Crippen LogP contribution in [0.15, 0.2) is 0 Å². The van der Waals surface area contributed by atoms with Crippen LogP contribution in [0.2, 0.25) is 0 Å². The average molecular weight is 130 g/mol. The molecule has 1 atom stereocenters. The van der Waals surface area contributed by atoms with Gasteiger partial charge in [0.2, 0.25) is 5.78 Å². The summed E-state index contributed by atoms with van der Waals surface area (Å²) in [6.07, 6.45) is -0.583. The van der Waals surface area contributed by atoms with E-state index in [1.54, 1.807) is 0 Å². The lowest BCUT2D eigenvalue weighted by Gasteiger charge is -2.02. The van der Waals surface area contributed by atoms with Gasteiger partial charge in [-0.2, -0.15) is 0 Å². The fourth-order valence-electron chi connectivity index (χ4n) is 0.643. The first-order valence-electron chi connectivity index (χ1n) is 2.58. The molecule has 4 nitrogen and oxygen atoms in total. The molecule has 1 unspecified atom stereocenters. The molecule has 1 aliphatic heterocycles. The number of Topliss-reactive ketones (excluding diaryl/α,β-unsaturated/α-hetero) is 1. The smallest absolute Gasteiger partial charge is 0.295 e. The van der Waals surface area contributed by atoms with Crippen LogP contribution in [0.1, 0.15) is 6.42 Å². The molecule has 0 spiro atoms. The Morgan fingerprint density at radius 1 is 1.78 bits per heavy atom. The van der Waals surface area contributed by atoms with Crippen molar-refractivity contribution in [1.82, 2.24) is 0 Å². The molecule has 1 fully saturated rings. The molecule has 50 valence electrons. The SMILES string of the molecule is O=COC1OCCC1=O. The van der Waals surface area contributed by atoms with Crippen molar-refractivity contribution in [2.75, 3.05) is 6.61 Å². The molecule has 0 aliphatic carbocycles. The first-order chi connectivity index (χ1) is 4.34. The van der Waals surface area contributed by atoms with E-state index in [1.807, 2.05) is 0 Å². The van der Waals surface area contributed by atoms with Crippen molar-refractivity contribution in [3.05, 3.63) is 0 Å². The van der Waals surface area contributed by atoms with Crippen LogP contribution < -0.4 is 0 Å². The zero-order valence-corrected chi connectivity index (χ0v) is 4.70. The predicted octanol–water partition coefficient (Wildman–Crippen LogP) is -0.525. The Bertz CT molecular complexity index is 131. The second-order valence-electron chi connectivity index (χ2n) is 1.65. The molecule has 1 saturated heterocycles. The Morgan fingerprint density at radius 3 is 3.00 bits per heavy atom. The fourth-order valence-corrected chi connectivity index (χ4v) is 0.643. The molecule has 0 saturated carbocycles. The second kappa shape index (κ2) is 2.59. The highest BCUT2D eigenvalue weighted by atomic mass is 16.7. The second-order valence-corrected chi connectivity index (χ2v) is 1.65. The first kappa shape index (κ1) is 6.22. The normalized spacial score (nSPS) is 26.2. The molecular weight excluding hydrogens is 124 g/mol. The van der Waals surface area contributed by atoms with Gasteiger partial charge in [-0.3, -0.25) is 9.59 Å². The van der Waals surface area contributed by atoms with Crippen molar-refractivity contribution in [3.8, 4) is 0 Å². The van der Waals surface area contributed by atoms with E-state index in [-0.39, 0.29) is 12.3 Å². The summed E-state index contributed by atoms with van der Waals surface area (Å²) in [4.78, 5) is 20.2. The molecular formula is C5H6O4. The summed E-state index contributed by atoms with van der Waals surface area (Å²) in [7, 11) is 0. The van der Waals surface area contributed by atoms with E-state index >= 15 is 0 Å². The summed E-state index contributed by atoms with van der Waals surface area (Å²) in [5.41, 5.74) is 0. The Hall–Kier alpha value is -0.900. The molecule has 1 rings (SSSR count). The van der Waals surface area contributed by atoms with Gasteiger partial charge in [0.25, 0.3) is 12.8 Å². The van der Waals surface area contributed by atoms with E-state index in [9.17, 15) is 9.59 Å². The van der Waals surface area contributed by atoms with Gasteiger partial charge in [-0.25, -0.2) is 0 Å². The minimum Gasteiger partial charge on any atom is -0.430 e. The standard InChI is InChI=1S/C5H6O4/c6-3-9-5-4(7)1-2-8-5/h3,5H,1-2H2. The van der Waals surface area contributed by atoms with Gasteiger partial charge in [-0.1, -0.05) is 0 Å². The van der Waals surface area contributed by atoms with E-state index < -0.39 is 6.29 Å². The van der Waals surface area contributed by atoms with Gasteiger partial charge in [0.1, 0.15) is 0 Å². The van der Waals surface area contributed by atoms with Gasteiger partial charge in [-0.15, -0.1) is 0 Å². The third kappa shape index (κ3) is 1.26. The highest BCUT2D eigenvalue weighted by Gasteiger charge is 2.26. The number of carbonyl (C=O) groups is 2. The van der Waals surface area contributed by atoms with E-state index in [4.69, 9.17) is 4.74 Å². The summed E-state index contributed by atoms with van der Waals surface area (Å²) in [6, 6.07) is 0. The molecule has 0 amide bonds. The summed E-state index contributed by atoms with van der Waals surface area (Å²) in [5.74, 6) is -0.165. The molecule has 4 heteroatoms. The van der Waals surface area contributed by atoms with E-state index in [0.29, 0.717) is 13.0 Å². The summed E-state index contributed by atoms with van der Waals surface area (Å²) in [5, 5.41) is 0. The highest BCUT2D eigenvalue weighted by molar-refractivity contribution is 5.84. The van der Waals surface area contributed by atoms with Crippen LogP contribution in [0.4, 0.5) is 0 Å². The number of hydrogen-bond donors (Lipinski definition) is 0. The Morgan fingerprint density at radius 2 is 2.56 bits per heavy atom. The molecule has 0 aromatic rings. The molecule has 9 heavy (non-hydrogen) atoms. The maximum Gasteiger partial charge on any atom is 0.295 e. The largest absolute Gasteiger partial charge is 0.430 e. The monoisotopic (exact) mass is 130 g/mol. The zero-order valence-electron chi connectivity index (χ0n) is 4.70. The third-order valence-electron chi connectivity index (χ3n) is 1.06. The molecule has 0 radical (unpaired) electrons. The van der Waals surface area contributed by atoms with Gasteiger partial charge in [-0.05, 0) is 0 Å². The Labute approximate surface area is 51.7 Å². The topological polar surface area (TPSA) is 52.6 Å². The van der Waals surface area contributed by atoms with Crippen LogP contribution in [-0.2, 0) is 19.1 Å². The van der Waals surface area contributed by atoms with E-state index in [1.165, 1.54) is 0 Å². The quantitative estimate of drug-likeness (QED) is 0.472. The molecule has 0 aromatic heterocycles. The molecule has 0 aromatic carbocycles. The lowest BCUT2D eigenvalue weighted by molar-refractivity contribution is -0.162. The highest BCUT2D eigenvalue weighted by Crippen LogP contribution is 2.07. The summed E-state index contributed by atoms with van der Waals surface area (Å²) < 4.78 is 8.97. The van der Waals surface area contributed by atoms with Crippen molar-refractivity contribution in [2.45, 2.75) is 12.7 Å². The predicted molar refractivity (Wildman–Crippen MR) is 26.5 cm³/mol. The summed E-state index contributed by atoms with van der Waals surface area (Å²) in [6.45, 7) is 0.575. The fraction of sp³-hybridized carbons (Fsp3) is 0.600. The minimum atomic E-state index is -0.928. The molecule has 0 N–H and O–H groups in total. The Kier molecular flexibility index (Phi) is 1.79. The molecule has 1 aliphatic rings. The van der Waals surface area contributed by atoms with Crippen LogP contribution >= 0.6 is 0 Å². The number of rotatable bonds is 2. The van der Waals surface area contributed by atoms with Gasteiger partial charge >= 0.3 is 0 Å². The van der Waals surface area contributed by atoms with Gasteiger partial charge in [0, 0.05) is 6.42 Å². The maximum atomic E-state index is 10.6. The Balaban J connectivity index is 2.39. The lowest BCUT2D eigenvalue weighted by atomic mass is 10.3. The van der Waals surface area contributed by atoms with Crippen LogP contribution in [0.5, 0.6) is 0 Å². The van der Waals surface area contributed by atoms with Crippen LogP contribution in [0.25, 0.3) is 0 Å². The number of hydrogen-bond acceptors (Lipinski definition) is 4. The lowest BCUT2D eigenvalue weighted by Crippen LogP contribution is -2.18. The van der Waals surface area contributed by atoms with Crippen molar-refractivity contribution >= 4 is 12.3 Å². The van der Waals surface area contributed by atoms with Crippen molar-refractivity contribution < 1.29 is 19.1 Å². The van der Waals surface area contributed by atoms with Crippen LogP contribution in [0.3, 0.4) is 0 Å². The zero-order chi connectivity index (χ0) is 6.69. The van der Waals surface area contributed by atoms with Crippen molar-refractivity contribution in [2.24, 2.45) is 0 Å². The van der Waals surface area contributed by atoms with Crippen molar-refractivity contribution in [3.63, 3.8) is 0 Å². The van der Waals surface area contributed by atoms with E-state index in [2.05, 4.69) is 4.74 Å². The van der Waals surface area contributed by atoms with Crippen LogP contribution in [0, 0.1) is 0 Å². The molecule has 1 heterocycles.